The van der Waals surface area contributed by atoms with Gasteiger partial charge in [-0.25, -0.2) is 0 Å². The zero-order valence-corrected chi connectivity index (χ0v) is 10.1. The first-order valence-electron chi connectivity index (χ1n) is 5.98. The van der Waals surface area contributed by atoms with Crippen molar-refractivity contribution >= 4 is 5.78 Å². The average molecular weight is 220 g/mol. The van der Waals surface area contributed by atoms with Gasteiger partial charge < -0.3 is 5.11 Å². The van der Waals surface area contributed by atoms with Crippen LogP contribution >= 0.6 is 0 Å². The Morgan fingerprint density at radius 3 is 2.69 bits per heavy atom. The van der Waals surface area contributed by atoms with E-state index in [1.54, 1.807) is 6.07 Å². The monoisotopic (exact) mass is 220 g/mol. The largest absolute Gasteiger partial charge is 0.507 e. The van der Waals surface area contributed by atoms with Crippen molar-refractivity contribution in [3.8, 4) is 5.75 Å². The van der Waals surface area contributed by atoms with E-state index < -0.39 is 0 Å². The topological polar surface area (TPSA) is 37.3 Å². The van der Waals surface area contributed by atoms with Crippen LogP contribution in [-0.2, 0) is 0 Å². The van der Waals surface area contributed by atoms with Gasteiger partial charge in [-0.15, -0.1) is 0 Å². The number of phenolic OH excluding ortho intramolecular Hbond substituents is 1. The number of carbonyl (C=O) groups excluding carboxylic acids is 1. The number of para-hydroxylation sites is 1. The van der Waals surface area contributed by atoms with Gasteiger partial charge in [0.15, 0.2) is 5.78 Å². The summed E-state index contributed by atoms with van der Waals surface area (Å²) in [4.78, 5) is 11.8. The van der Waals surface area contributed by atoms with Gasteiger partial charge in [0.25, 0.3) is 0 Å². The summed E-state index contributed by atoms with van der Waals surface area (Å²) in [5, 5.41) is 9.75. The van der Waals surface area contributed by atoms with Crippen LogP contribution in [0.4, 0.5) is 0 Å². The van der Waals surface area contributed by atoms with E-state index in [2.05, 4.69) is 6.92 Å². The maximum absolute atomic E-state index is 11.8. The minimum absolute atomic E-state index is 0.0531. The normalized spacial score (nSPS) is 10.4. The van der Waals surface area contributed by atoms with Crippen LogP contribution < -0.4 is 0 Å². The van der Waals surface area contributed by atoms with E-state index in [1.807, 2.05) is 19.1 Å². The first-order valence-corrected chi connectivity index (χ1v) is 5.98. The Balaban J connectivity index is 2.56. The molecule has 16 heavy (non-hydrogen) atoms. The molecule has 0 aliphatic rings. The molecule has 2 heteroatoms. The smallest absolute Gasteiger partial charge is 0.166 e. The molecule has 2 nitrogen and oxygen atoms in total. The second-order valence-electron chi connectivity index (χ2n) is 4.20. The van der Waals surface area contributed by atoms with Crippen LogP contribution in [0, 0.1) is 6.92 Å². The fraction of sp³-hybridized carbons (Fsp3) is 0.500. The first-order chi connectivity index (χ1) is 7.66. The molecule has 1 rings (SSSR count). The Labute approximate surface area is 97.3 Å². The molecule has 0 heterocycles. The van der Waals surface area contributed by atoms with Crippen LogP contribution in [0.2, 0.25) is 0 Å². The van der Waals surface area contributed by atoms with Gasteiger partial charge in [0, 0.05) is 6.42 Å². The molecular weight excluding hydrogens is 200 g/mol. The zero-order chi connectivity index (χ0) is 12.0. The number of ketones is 1. The lowest BCUT2D eigenvalue weighted by atomic mass is 10.0. The Morgan fingerprint density at radius 1 is 1.25 bits per heavy atom. The van der Waals surface area contributed by atoms with Crippen LogP contribution in [0.5, 0.6) is 5.75 Å². The van der Waals surface area contributed by atoms with Gasteiger partial charge in [0.2, 0.25) is 0 Å². The number of Topliss-reactive ketones (excluding diaryl/α,β-unsaturated/α-hetero) is 1. The van der Waals surface area contributed by atoms with Crippen LogP contribution in [0.3, 0.4) is 0 Å². The summed E-state index contributed by atoms with van der Waals surface area (Å²) in [7, 11) is 0. The van der Waals surface area contributed by atoms with E-state index in [0.29, 0.717) is 12.0 Å². The fourth-order valence-corrected chi connectivity index (χ4v) is 1.73. The molecule has 0 fully saturated rings. The molecule has 0 atom stereocenters. The minimum atomic E-state index is 0.0531. The van der Waals surface area contributed by atoms with Crippen molar-refractivity contribution in [2.75, 3.05) is 0 Å². The highest BCUT2D eigenvalue weighted by atomic mass is 16.3. The van der Waals surface area contributed by atoms with Gasteiger partial charge in [-0.1, -0.05) is 38.3 Å². The van der Waals surface area contributed by atoms with Gasteiger partial charge >= 0.3 is 0 Å². The standard InChI is InChI=1S/C14H20O2/c1-3-4-5-6-10-13(15)12-9-7-8-11(2)14(12)16/h7-9,16H,3-6,10H2,1-2H3. The second kappa shape index (κ2) is 6.31. The number of hydrogen-bond acceptors (Lipinski definition) is 2. The van der Waals surface area contributed by atoms with Gasteiger partial charge in [-0.05, 0) is 25.0 Å². The van der Waals surface area contributed by atoms with Crippen molar-refractivity contribution in [1.82, 2.24) is 0 Å². The lowest BCUT2D eigenvalue weighted by Crippen LogP contribution is -2.00. The summed E-state index contributed by atoms with van der Waals surface area (Å²) in [5.74, 6) is 0.195. The number of rotatable bonds is 6. The predicted molar refractivity (Wildman–Crippen MR) is 65.9 cm³/mol. The zero-order valence-electron chi connectivity index (χ0n) is 10.1. The number of aromatic hydroxyl groups is 1. The van der Waals surface area contributed by atoms with Gasteiger partial charge in [0.1, 0.15) is 5.75 Å². The third kappa shape index (κ3) is 3.37. The molecule has 1 aromatic rings. The molecule has 0 aliphatic heterocycles. The third-order valence-electron chi connectivity index (χ3n) is 2.80. The third-order valence-corrected chi connectivity index (χ3v) is 2.80. The summed E-state index contributed by atoms with van der Waals surface area (Å²) in [6.07, 6.45) is 4.89. The summed E-state index contributed by atoms with van der Waals surface area (Å²) in [6, 6.07) is 5.32. The second-order valence-corrected chi connectivity index (χ2v) is 4.20. The lowest BCUT2D eigenvalue weighted by Gasteiger charge is -2.05. The van der Waals surface area contributed by atoms with Crippen LogP contribution in [-0.4, -0.2) is 10.9 Å². The van der Waals surface area contributed by atoms with Crippen molar-refractivity contribution in [3.05, 3.63) is 29.3 Å². The summed E-state index contributed by atoms with van der Waals surface area (Å²) < 4.78 is 0. The average Bonchev–Trinajstić information content (AvgIpc) is 2.28. The molecule has 0 radical (unpaired) electrons. The predicted octanol–water partition coefficient (Wildman–Crippen LogP) is 3.85. The van der Waals surface area contributed by atoms with Gasteiger partial charge in [-0.3, -0.25) is 4.79 Å². The van der Waals surface area contributed by atoms with Gasteiger partial charge in [-0.2, -0.15) is 0 Å². The summed E-state index contributed by atoms with van der Waals surface area (Å²) in [5.41, 5.74) is 1.23. The summed E-state index contributed by atoms with van der Waals surface area (Å²) in [6.45, 7) is 3.96. The summed E-state index contributed by atoms with van der Waals surface area (Å²) >= 11 is 0. The van der Waals surface area contributed by atoms with Crippen molar-refractivity contribution in [2.45, 2.75) is 46.0 Å². The Hall–Kier alpha value is -1.31. The van der Waals surface area contributed by atoms with Crippen molar-refractivity contribution < 1.29 is 9.90 Å². The Morgan fingerprint density at radius 2 is 2.00 bits per heavy atom. The van der Waals surface area contributed by atoms with Gasteiger partial charge in [0.05, 0.1) is 5.56 Å². The number of carbonyl (C=O) groups is 1. The van der Waals surface area contributed by atoms with Crippen LogP contribution in [0.25, 0.3) is 0 Å². The number of phenols is 1. The molecule has 0 aliphatic carbocycles. The van der Waals surface area contributed by atoms with E-state index in [4.69, 9.17) is 0 Å². The number of benzene rings is 1. The molecule has 0 unspecified atom stereocenters. The number of unbranched alkanes of at least 4 members (excludes halogenated alkanes) is 3. The minimum Gasteiger partial charge on any atom is -0.507 e. The van der Waals surface area contributed by atoms with E-state index in [0.717, 1.165) is 18.4 Å². The maximum atomic E-state index is 11.8. The SMILES string of the molecule is CCCCCCC(=O)c1cccc(C)c1O. The molecule has 0 amide bonds. The van der Waals surface area contributed by atoms with Crippen LogP contribution in [0.1, 0.15) is 54.9 Å². The van der Waals surface area contributed by atoms with Crippen LogP contribution in [0.15, 0.2) is 18.2 Å². The molecule has 0 bridgehead atoms. The lowest BCUT2D eigenvalue weighted by molar-refractivity contribution is 0.0976. The molecule has 88 valence electrons. The quantitative estimate of drug-likeness (QED) is 0.584. The highest BCUT2D eigenvalue weighted by Crippen LogP contribution is 2.23. The Bertz CT molecular complexity index is 356. The van der Waals surface area contributed by atoms with E-state index in [-0.39, 0.29) is 11.5 Å². The van der Waals surface area contributed by atoms with E-state index in [9.17, 15) is 9.90 Å². The van der Waals surface area contributed by atoms with E-state index >= 15 is 0 Å². The van der Waals surface area contributed by atoms with E-state index in [1.165, 1.54) is 12.8 Å². The molecular formula is C14H20O2. The fourth-order valence-electron chi connectivity index (χ4n) is 1.73. The number of hydrogen-bond donors (Lipinski definition) is 1. The molecule has 0 spiro atoms. The molecule has 0 aromatic heterocycles. The maximum Gasteiger partial charge on any atom is 0.166 e. The van der Waals surface area contributed by atoms with Crippen molar-refractivity contribution in [2.24, 2.45) is 0 Å². The molecule has 0 saturated carbocycles. The molecule has 0 saturated heterocycles. The Kier molecular flexibility index (Phi) is 5.03. The highest BCUT2D eigenvalue weighted by molar-refractivity contribution is 5.98. The molecule has 1 aromatic carbocycles. The molecule has 1 N–H and O–H groups in total. The van der Waals surface area contributed by atoms with Crippen molar-refractivity contribution in [3.63, 3.8) is 0 Å². The first kappa shape index (κ1) is 12.8. The highest BCUT2D eigenvalue weighted by Gasteiger charge is 2.11. The number of aryl methyl sites for hydroxylation is 1. The van der Waals surface area contributed by atoms with Crippen molar-refractivity contribution in [1.29, 1.82) is 0 Å².